The molecule has 1 atom stereocenters. The number of carbonyl (C=O) groups is 2. The van der Waals surface area contributed by atoms with E-state index in [4.69, 9.17) is 19.9 Å². The molecule has 148 valence electrons. The van der Waals surface area contributed by atoms with Gasteiger partial charge < -0.3 is 24.8 Å². The predicted molar refractivity (Wildman–Crippen MR) is 103 cm³/mol. The second-order valence-electron chi connectivity index (χ2n) is 6.44. The van der Waals surface area contributed by atoms with Crippen LogP contribution in [0.5, 0.6) is 11.5 Å². The Bertz CT molecular complexity index is 868. The molecular weight excluding hydrogens is 360 g/mol. The molecule has 0 saturated carbocycles. The van der Waals surface area contributed by atoms with Crippen LogP contribution in [0.4, 0.5) is 0 Å². The van der Waals surface area contributed by atoms with E-state index in [2.05, 4.69) is 0 Å². The minimum absolute atomic E-state index is 0.0752. The second-order valence-corrected chi connectivity index (χ2v) is 6.44. The molecule has 0 saturated heterocycles. The van der Waals surface area contributed by atoms with Crippen molar-refractivity contribution < 1.29 is 23.8 Å². The Hall–Kier alpha value is -3.06. The van der Waals surface area contributed by atoms with Crippen LogP contribution in [-0.2, 0) is 22.7 Å². The molecule has 0 fully saturated rings. The van der Waals surface area contributed by atoms with Crippen LogP contribution in [0.2, 0.25) is 0 Å². The summed E-state index contributed by atoms with van der Waals surface area (Å²) in [7, 11) is 1.58. The molecule has 2 aromatic rings. The lowest BCUT2D eigenvalue weighted by molar-refractivity contribution is -0.125. The predicted octanol–water partition coefficient (Wildman–Crippen LogP) is 2.47. The van der Waals surface area contributed by atoms with Crippen LogP contribution >= 0.6 is 0 Å². The van der Waals surface area contributed by atoms with Crippen LogP contribution in [0.3, 0.4) is 0 Å². The van der Waals surface area contributed by atoms with Crippen LogP contribution < -0.4 is 15.2 Å². The Kier molecular flexibility index (Phi) is 6.16. The van der Waals surface area contributed by atoms with E-state index in [1.165, 1.54) is 0 Å². The minimum atomic E-state index is -0.741. The summed E-state index contributed by atoms with van der Waals surface area (Å²) >= 11 is 0. The van der Waals surface area contributed by atoms with E-state index in [1.807, 2.05) is 37.3 Å². The van der Waals surface area contributed by atoms with E-state index >= 15 is 0 Å². The van der Waals surface area contributed by atoms with Gasteiger partial charge in [0.2, 0.25) is 5.91 Å². The molecule has 2 N–H and O–H groups in total. The fraction of sp³-hybridized carbons (Fsp3) is 0.333. The molecule has 7 nitrogen and oxygen atoms in total. The highest BCUT2D eigenvalue weighted by Gasteiger charge is 2.33. The highest BCUT2D eigenvalue weighted by Crippen LogP contribution is 2.30. The smallest absolute Gasteiger partial charge is 0.256 e. The third-order valence-corrected chi connectivity index (χ3v) is 4.54. The number of nitrogens with two attached hydrogens (primary N) is 1. The van der Waals surface area contributed by atoms with Gasteiger partial charge >= 0.3 is 0 Å². The van der Waals surface area contributed by atoms with Gasteiger partial charge in [0.1, 0.15) is 6.23 Å². The normalized spacial score (nSPS) is 13.9. The van der Waals surface area contributed by atoms with E-state index < -0.39 is 12.1 Å². The minimum Gasteiger partial charge on any atom is -0.493 e. The first kappa shape index (κ1) is 19.7. The highest BCUT2D eigenvalue weighted by atomic mass is 16.5. The fourth-order valence-corrected chi connectivity index (χ4v) is 3.21. The van der Waals surface area contributed by atoms with E-state index in [0.717, 1.165) is 11.1 Å². The summed E-state index contributed by atoms with van der Waals surface area (Å²) in [5.74, 6) is 0.553. The molecule has 28 heavy (non-hydrogen) atoms. The van der Waals surface area contributed by atoms with Gasteiger partial charge in [-0.25, -0.2) is 0 Å². The van der Waals surface area contributed by atoms with Crippen molar-refractivity contribution in [3.63, 3.8) is 0 Å². The van der Waals surface area contributed by atoms with Crippen molar-refractivity contribution in [3.8, 4) is 11.5 Å². The lowest BCUT2D eigenvalue weighted by Crippen LogP contribution is -2.40. The second kappa shape index (κ2) is 8.75. The number of hydrogen-bond donors (Lipinski definition) is 1. The molecular formula is C21H24N2O5. The van der Waals surface area contributed by atoms with Crippen LogP contribution in [0.25, 0.3) is 0 Å². The molecule has 0 aromatic heterocycles. The zero-order valence-corrected chi connectivity index (χ0v) is 16.0. The monoisotopic (exact) mass is 384 g/mol. The van der Waals surface area contributed by atoms with Crippen LogP contribution in [0, 0.1) is 0 Å². The number of primary amides is 1. The summed E-state index contributed by atoms with van der Waals surface area (Å²) in [6, 6.07) is 12.8. The summed E-state index contributed by atoms with van der Waals surface area (Å²) in [6.07, 6.45) is -0.816. The maximum absolute atomic E-state index is 12.7. The number of fused-ring (bicyclic) bond motifs is 1. The summed E-state index contributed by atoms with van der Waals surface area (Å²) < 4.78 is 16.8. The highest BCUT2D eigenvalue weighted by molar-refractivity contribution is 5.98. The summed E-state index contributed by atoms with van der Waals surface area (Å²) in [5, 5.41) is 0. The Balaban J connectivity index is 1.75. The molecule has 2 amide bonds. The van der Waals surface area contributed by atoms with Crippen molar-refractivity contribution in [2.75, 3.05) is 13.7 Å². The maximum atomic E-state index is 12.7. The molecule has 0 spiro atoms. The van der Waals surface area contributed by atoms with E-state index in [1.54, 1.807) is 24.1 Å². The Morgan fingerprint density at radius 3 is 2.68 bits per heavy atom. The molecule has 1 heterocycles. The Labute approximate surface area is 164 Å². The number of rotatable bonds is 9. The number of methoxy groups -OCH3 is 1. The Morgan fingerprint density at radius 2 is 2.00 bits per heavy atom. The van der Waals surface area contributed by atoms with Crippen LogP contribution in [0.1, 0.15) is 34.8 Å². The number of benzene rings is 2. The number of ether oxygens (including phenoxy) is 3. The molecule has 1 aliphatic rings. The maximum Gasteiger partial charge on any atom is 0.256 e. The number of nitrogens with zero attached hydrogens (tertiary/aromatic N) is 1. The van der Waals surface area contributed by atoms with Crippen molar-refractivity contribution >= 4 is 11.8 Å². The van der Waals surface area contributed by atoms with Gasteiger partial charge in [-0.1, -0.05) is 24.3 Å². The fourth-order valence-electron chi connectivity index (χ4n) is 3.21. The largest absolute Gasteiger partial charge is 0.493 e. The van der Waals surface area contributed by atoms with Crippen molar-refractivity contribution in [2.45, 2.75) is 32.7 Å². The van der Waals surface area contributed by atoms with E-state index in [9.17, 15) is 9.59 Å². The number of carbonyl (C=O) groups excluding carboxylic acids is 2. The quantitative estimate of drug-likeness (QED) is 0.717. The van der Waals surface area contributed by atoms with Gasteiger partial charge in [-0.3, -0.25) is 9.59 Å². The van der Waals surface area contributed by atoms with Gasteiger partial charge in [-0.15, -0.1) is 0 Å². The molecule has 1 unspecified atom stereocenters. The molecule has 3 rings (SSSR count). The van der Waals surface area contributed by atoms with Gasteiger partial charge in [0.05, 0.1) is 26.7 Å². The first-order chi connectivity index (χ1) is 13.5. The first-order valence-electron chi connectivity index (χ1n) is 9.12. The van der Waals surface area contributed by atoms with Crippen molar-refractivity contribution in [2.24, 2.45) is 5.73 Å². The molecule has 0 aliphatic carbocycles. The van der Waals surface area contributed by atoms with E-state index in [0.29, 0.717) is 30.2 Å². The third kappa shape index (κ3) is 4.26. The number of hydrogen-bond acceptors (Lipinski definition) is 5. The Morgan fingerprint density at radius 1 is 1.21 bits per heavy atom. The molecule has 0 bridgehead atoms. The standard InChI is InChI=1S/C21H24N2O5/c1-3-27-18-10-14(8-9-17(18)26-2)13-28-20(11-19(22)24)23-12-15-6-4-5-7-16(15)21(23)25/h4-10,20H,3,11-13H2,1-2H3,(H2,22,24). The van der Waals surface area contributed by atoms with E-state index in [-0.39, 0.29) is 18.9 Å². The van der Waals surface area contributed by atoms with Crippen LogP contribution in [0.15, 0.2) is 42.5 Å². The van der Waals surface area contributed by atoms with Gasteiger partial charge in [-0.05, 0) is 36.2 Å². The lowest BCUT2D eigenvalue weighted by atomic mass is 10.1. The zero-order valence-electron chi connectivity index (χ0n) is 16.0. The van der Waals surface area contributed by atoms with Crippen molar-refractivity contribution in [1.82, 2.24) is 4.90 Å². The van der Waals surface area contributed by atoms with Gasteiger partial charge in [-0.2, -0.15) is 0 Å². The summed E-state index contributed by atoms with van der Waals surface area (Å²) in [5.41, 5.74) is 7.76. The van der Waals surface area contributed by atoms with Gasteiger partial charge in [0.15, 0.2) is 11.5 Å². The molecule has 2 aromatic carbocycles. The van der Waals surface area contributed by atoms with Crippen molar-refractivity contribution in [1.29, 1.82) is 0 Å². The zero-order chi connectivity index (χ0) is 20.1. The molecule has 0 radical (unpaired) electrons. The topological polar surface area (TPSA) is 91.1 Å². The lowest BCUT2D eigenvalue weighted by Gasteiger charge is -2.27. The summed E-state index contributed by atoms with van der Waals surface area (Å²) in [4.78, 5) is 25.8. The summed E-state index contributed by atoms with van der Waals surface area (Å²) in [6.45, 7) is 2.98. The SMILES string of the molecule is CCOc1cc(COC(CC(N)=O)N2Cc3ccccc3C2=O)ccc1OC. The van der Waals surface area contributed by atoms with Crippen LogP contribution in [-0.4, -0.2) is 36.7 Å². The first-order valence-corrected chi connectivity index (χ1v) is 9.12. The number of amides is 2. The van der Waals surface area contributed by atoms with Crippen molar-refractivity contribution in [3.05, 3.63) is 59.2 Å². The van der Waals surface area contributed by atoms with Gasteiger partial charge in [0.25, 0.3) is 5.91 Å². The molecule has 1 aliphatic heterocycles. The average Bonchev–Trinajstić information content (AvgIpc) is 3.02. The average molecular weight is 384 g/mol. The van der Waals surface area contributed by atoms with Gasteiger partial charge in [0, 0.05) is 12.1 Å². The molecule has 7 heteroatoms. The third-order valence-electron chi connectivity index (χ3n) is 4.54.